The molecule has 0 unspecified atom stereocenters. The highest BCUT2D eigenvalue weighted by atomic mass is 35.5. The van der Waals surface area contributed by atoms with E-state index in [1.54, 1.807) is 43.3 Å². The molecule has 5 rings (SSSR count). The quantitative estimate of drug-likeness (QED) is 0.232. The number of furan rings is 1. The molecule has 1 atom stereocenters. The molecule has 36 heavy (non-hydrogen) atoms. The van der Waals surface area contributed by atoms with E-state index >= 15 is 0 Å². The zero-order valence-electron chi connectivity index (χ0n) is 19.3. The van der Waals surface area contributed by atoms with Gasteiger partial charge in [0, 0.05) is 5.39 Å². The van der Waals surface area contributed by atoms with E-state index in [1.807, 2.05) is 36.4 Å². The molecule has 5 aromatic rings. The Hall–Kier alpha value is -4.43. The molecule has 3 aromatic carbocycles. The SMILES string of the molecule is COC(=O)[C@@H](C)Oc1ccc(C=Nn2c(-c3cc4ccccc4o3)nc3ccccc3c2=O)cc1Cl. The van der Waals surface area contributed by atoms with E-state index < -0.39 is 12.1 Å². The second-order valence-corrected chi connectivity index (χ2v) is 8.34. The van der Waals surface area contributed by atoms with Crippen molar-refractivity contribution in [2.75, 3.05) is 7.11 Å². The second-order valence-electron chi connectivity index (χ2n) is 7.94. The molecule has 0 fully saturated rings. The summed E-state index contributed by atoms with van der Waals surface area (Å²) in [6, 6.07) is 21.4. The largest absolute Gasteiger partial charge is 0.477 e. The van der Waals surface area contributed by atoms with E-state index in [1.165, 1.54) is 18.0 Å². The first kappa shape index (κ1) is 23.3. The minimum atomic E-state index is -0.819. The van der Waals surface area contributed by atoms with Crippen molar-refractivity contribution in [2.45, 2.75) is 13.0 Å². The highest BCUT2D eigenvalue weighted by Crippen LogP contribution is 2.28. The third kappa shape index (κ3) is 4.46. The lowest BCUT2D eigenvalue weighted by Crippen LogP contribution is -2.25. The van der Waals surface area contributed by atoms with E-state index in [-0.39, 0.29) is 16.4 Å². The second kappa shape index (κ2) is 9.67. The van der Waals surface area contributed by atoms with Gasteiger partial charge in [-0.25, -0.2) is 9.78 Å². The van der Waals surface area contributed by atoms with E-state index in [9.17, 15) is 9.59 Å². The third-order valence-corrected chi connectivity index (χ3v) is 5.81. The Labute approximate surface area is 210 Å². The highest BCUT2D eigenvalue weighted by molar-refractivity contribution is 6.32. The number of hydrogen-bond acceptors (Lipinski definition) is 7. The van der Waals surface area contributed by atoms with Crippen LogP contribution in [0.1, 0.15) is 12.5 Å². The smallest absolute Gasteiger partial charge is 0.346 e. The molecular weight excluding hydrogens is 482 g/mol. The van der Waals surface area contributed by atoms with Gasteiger partial charge in [0.25, 0.3) is 5.56 Å². The van der Waals surface area contributed by atoms with Crippen LogP contribution in [0.15, 0.2) is 87.1 Å². The van der Waals surface area contributed by atoms with Gasteiger partial charge in [-0.05, 0) is 55.0 Å². The summed E-state index contributed by atoms with van der Waals surface area (Å²) in [7, 11) is 1.28. The lowest BCUT2D eigenvalue weighted by molar-refractivity contribution is -0.147. The molecule has 0 spiro atoms. The zero-order valence-corrected chi connectivity index (χ0v) is 20.1. The molecule has 0 saturated heterocycles. The van der Waals surface area contributed by atoms with Crippen LogP contribution in [0.4, 0.5) is 0 Å². The molecule has 0 N–H and O–H groups in total. The Balaban J connectivity index is 1.56. The molecule has 9 heteroatoms. The number of carbonyl (C=O) groups excluding carboxylic acids is 1. The monoisotopic (exact) mass is 501 g/mol. The molecule has 0 saturated carbocycles. The molecule has 0 aliphatic rings. The maximum absolute atomic E-state index is 13.4. The van der Waals surface area contributed by atoms with Crippen LogP contribution in [0.5, 0.6) is 5.75 Å². The van der Waals surface area contributed by atoms with Crippen LogP contribution in [0, 0.1) is 0 Å². The van der Waals surface area contributed by atoms with Gasteiger partial charge in [0.2, 0.25) is 5.82 Å². The Morgan fingerprint density at radius 3 is 2.67 bits per heavy atom. The molecule has 8 nitrogen and oxygen atoms in total. The van der Waals surface area contributed by atoms with Gasteiger partial charge in [0.05, 0.1) is 29.2 Å². The number of nitrogens with zero attached hydrogens (tertiary/aromatic N) is 3. The topological polar surface area (TPSA) is 95.9 Å². The van der Waals surface area contributed by atoms with Crippen molar-refractivity contribution >= 4 is 45.7 Å². The fourth-order valence-corrected chi connectivity index (χ4v) is 3.94. The van der Waals surface area contributed by atoms with Crippen LogP contribution >= 0.6 is 11.6 Å². The number of benzene rings is 3. The van der Waals surface area contributed by atoms with Crippen LogP contribution in [0.3, 0.4) is 0 Å². The zero-order chi connectivity index (χ0) is 25.2. The number of aromatic nitrogens is 2. The standard InChI is InChI=1S/C27H20ClN3O5/c1-16(27(33)34-2)35-23-12-11-17(13-20(23)28)15-29-31-25(24-14-18-7-3-6-10-22(18)36-24)30-21-9-5-4-8-19(21)26(31)32/h3-16H,1-2H3/t16-/m1/s1. The molecule has 2 heterocycles. The van der Waals surface area contributed by atoms with E-state index in [4.69, 9.17) is 20.8 Å². The summed E-state index contributed by atoms with van der Waals surface area (Å²) in [4.78, 5) is 29.7. The van der Waals surface area contributed by atoms with Crippen molar-refractivity contribution in [1.29, 1.82) is 0 Å². The highest BCUT2D eigenvalue weighted by Gasteiger charge is 2.18. The molecule has 0 bridgehead atoms. The molecule has 0 aliphatic carbocycles. The number of fused-ring (bicyclic) bond motifs is 2. The van der Waals surface area contributed by atoms with Crippen molar-refractivity contribution in [3.05, 3.63) is 93.7 Å². The first-order chi connectivity index (χ1) is 17.4. The van der Waals surface area contributed by atoms with Gasteiger partial charge >= 0.3 is 5.97 Å². The van der Waals surface area contributed by atoms with Crippen molar-refractivity contribution < 1.29 is 18.7 Å². The summed E-state index contributed by atoms with van der Waals surface area (Å²) < 4.78 is 17.4. The van der Waals surface area contributed by atoms with Gasteiger partial charge in [0.1, 0.15) is 11.3 Å². The van der Waals surface area contributed by atoms with Gasteiger partial charge in [-0.2, -0.15) is 9.78 Å². The molecular formula is C27H20ClN3O5. The number of ether oxygens (including phenoxy) is 2. The minimum Gasteiger partial charge on any atom is -0.477 e. The number of halogens is 1. The molecule has 0 aliphatic heterocycles. The molecule has 2 aromatic heterocycles. The van der Waals surface area contributed by atoms with Crippen LogP contribution < -0.4 is 10.3 Å². The average Bonchev–Trinajstić information content (AvgIpc) is 3.33. The molecule has 180 valence electrons. The fraction of sp³-hybridized carbons (Fsp3) is 0.111. The van der Waals surface area contributed by atoms with Crippen LogP contribution in [-0.2, 0) is 9.53 Å². The van der Waals surface area contributed by atoms with Crippen LogP contribution in [0.25, 0.3) is 33.5 Å². The Bertz CT molecular complexity index is 1660. The van der Waals surface area contributed by atoms with E-state index in [0.29, 0.717) is 33.6 Å². The first-order valence-corrected chi connectivity index (χ1v) is 11.4. The van der Waals surface area contributed by atoms with Crippen molar-refractivity contribution in [3.8, 4) is 17.3 Å². The Morgan fingerprint density at radius 1 is 1.11 bits per heavy atom. The molecule has 0 radical (unpaired) electrons. The summed E-state index contributed by atoms with van der Waals surface area (Å²) in [6.07, 6.45) is 0.671. The van der Waals surface area contributed by atoms with E-state index in [2.05, 4.69) is 14.8 Å². The van der Waals surface area contributed by atoms with Crippen molar-refractivity contribution in [3.63, 3.8) is 0 Å². The van der Waals surface area contributed by atoms with Crippen molar-refractivity contribution in [2.24, 2.45) is 5.10 Å². The first-order valence-electron chi connectivity index (χ1n) is 11.0. The predicted molar refractivity (Wildman–Crippen MR) is 138 cm³/mol. The van der Waals surface area contributed by atoms with Gasteiger partial charge < -0.3 is 13.9 Å². The fourth-order valence-electron chi connectivity index (χ4n) is 3.70. The summed E-state index contributed by atoms with van der Waals surface area (Å²) in [5.74, 6) is 0.483. The maximum atomic E-state index is 13.4. The number of methoxy groups -OCH3 is 1. The number of esters is 1. The summed E-state index contributed by atoms with van der Waals surface area (Å²) in [5, 5.41) is 6.01. The number of carbonyl (C=O) groups is 1. The van der Waals surface area contributed by atoms with E-state index in [0.717, 1.165) is 5.39 Å². The summed E-state index contributed by atoms with van der Waals surface area (Å²) >= 11 is 6.35. The van der Waals surface area contributed by atoms with Gasteiger partial charge in [-0.1, -0.05) is 41.9 Å². The van der Waals surface area contributed by atoms with Gasteiger partial charge in [-0.15, -0.1) is 0 Å². The summed E-state index contributed by atoms with van der Waals surface area (Å²) in [5.41, 5.74) is 1.47. The van der Waals surface area contributed by atoms with Gasteiger partial charge in [0.15, 0.2) is 11.9 Å². The van der Waals surface area contributed by atoms with Crippen molar-refractivity contribution in [1.82, 2.24) is 9.66 Å². The Kier molecular flexibility index (Phi) is 6.26. The van der Waals surface area contributed by atoms with Crippen LogP contribution in [0.2, 0.25) is 5.02 Å². The lowest BCUT2D eigenvalue weighted by atomic mass is 10.2. The Morgan fingerprint density at radius 2 is 1.89 bits per heavy atom. The predicted octanol–water partition coefficient (Wildman–Crippen LogP) is 5.29. The minimum absolute atomic E-state index is 0.268. The maximum Gasteiger partial charge on any atom is 0.346 e. The normalized spacial score (nSPS) is 12.3. The number of hydrogen-bond donors (Lipinski definition) is 0. The average molecular weight is 502 g/mol. The molecule has 0 amide bonds. The summed E-state index contributed by atoms with van der Waals surface area (Å²) in [6.45, 7) is 1.57. The third-order valence-electron chi connectivity index (χ3n) is 5.51. The number of rotatable bonds is 6. The number of para-hydroxylation sites is 2. The lowest BCUT2D eigenvalue weighted by Gasteiger charge is -2.13. The van der Waals surface area contributed by atoms with Crippen LogP contribution in [-0.4, -0.2) is 35.1 Å². The van der Waals surface area contributed by atoms with Gasteiger partial charge in [-0.3, -0.25) is 4.79 Å².